The fraction of sp³-hybridized carbons (Fsp3) is 0.667. The average Bonchev–Trinajstić information content (AvgIpc) is 2.82. The van der Waals surface area contributed by atoms with Crippen LogP contribution in [-0.4, -0.2) is 128 Å². The van der Waals surface area contributed by atoms with Crippen LogP contribution in [0.5, 0.6) is 17.2 Å². The molecular weight excluding hydrogens is 476 g/mol. The molecule has 0 radical (unpaired) electrons. The molecule has 2 saturated heterocycles. The molecule has 0 aliphatic carbocycles. The van der Waals surface area contributed by atoms with Crippen molar-refractivity contribution < 1.29 is 69.3 Å². The summed E-state index contributed by atoms with van der Waals surface area (Å²) in [6.45, 7) is -0.0707. The average molecular weight is 506 g/mol. The van der Waals surface area contributed by atoms with Crippen LogP contribution in [0.1, 0.15) is 17.3 Å². The number of benzene rings is 1. The van der Waals surface area contributed by atoms with E-state index in [0.717, 1.165) is 0 Å². The molecule has 0 aromatic heterocycles. The van der Waals surface area contributed by atoms with Crippen LogP contribution in [0, 0.1) is 0 Å². The van der Waals surface area contributed by atoms with Gasteiger partial charge in [0.05, 0.1) is 20.3 Å². The van der Waals surface area contributed by atoms with Gasteiger partial charge in [-0.1, -0.05) is 0 Å². The standard InChI is InChI=1S/C21H30O14/c1-7(23)13-9(24)3-8(31-2)4-10(13)33-21-19(30)17(28)15(26)12(35-21)6-32-20-18(29)16(27)14(25)11(5-22)34-20/h3-4,11-12,14-22,24-30H,5-6H2,1-2H3/t11-,12-,14+,15+,16+,17+,18+,19+,20-,21+/m0/s1. The molecule has 14 nitrogen and oxygen atoms in total. The lowest BCUT2D eigenvalue weighted by Crippen LogP contribution is -2.62. The molecule has 3 rings (SSSR count). The van der Waals surface area contributed by atoms with E-state index in [0.29, 0.717) is 0 Å². The molecule has 1 aromatic carbocycles. The van der Waals surface area contributed by atoms with Crippen molar-refractivity contribution in [1.82, 2.24) is 0 Å². The third-order valence-corrected chi connectivity index (χ3v) is 5.83. The monoisotopic (exact) mass is 506 g/mol. The van der Waals surface area contributed by atoms with Crippen LogP contribution in [0.3, 0.4) is 0 Å². The number of carbonyl (C=O) groups is 1. The predicted molar refractivity (Wildman–Crippen MR) is 112 cm³/mol. The normalized spacial score (nSPS) is 37.6. The van der Waals surface area contributed by atoms with Gasteiger partial charge in [-0.2, -0.15) is 0 Å². The summed E-state index contributed by atoms with van der Waals surface area (Å²) in [6.07, 6.45) is -16.1. The maximum absolute atomic E-state index is 12.0. The third-order valence-electron chi connectivity index (χ3n) is 5.83. The van der Waals surface area contributed by atoms with E-state index in [1.165, 1.54) is 26.2 Å². The Kier molecular flexibility index (Phi) is 8.87. The van der Waals surface area contributed by atoms with E-state index in [1.807, 2.05) is 0 Å². The quantitative estimate of drug-likeness (QED) is 0.161. The van der Waals surface area contributed by atoms with Gasteiger partial charge in [0.2, 0.25) is 6.29 Å². The summed E-state index contributed by atoms with van der Waals surface area (Å²) in [5.74, 6) is -1.14. The van der Waals surface area contributed by atoms with Crippen LogP contribution < -0.4 is 9.47 Å². The van der Waals surface area contributed by atoms with Crippen LogP contribution in [-0.2, 0) is 14.2 Å². The molecule has 14 heteroatoms. The lowest BCUT2D eigenvalue weighted by Gasteiger charge is -2.42. The molecule has 0 unspecified atom stereocenters. The van der Waals surface area contributed by atoms with Gasteiger partial charge >= 0.3 is 0 Å². The zero-order chi connectivity index (χ0) is 26.0. The Balaban J connectivity index is 1.76. The number of carbonyl (C=O) groups excluding carboxylic acids is 1. The van der Waals surface area contributed by atoms with Gasteiger partial charge < -0.3 is 64.5 Å². The van der Waals surface area contributed by atoms with E-state index < -0.39 is 86.2 Å². The summed E-state index contributed by atoms with van der Waals surface area (Å²) in [4.78, 5) is 12.0. The maximum atomic E-state index is 12.0. The first-order valence-corrected chi connectivity index (χ1v) is 10.7. The molecule has 0 spiro atoms. The zero-order valence-corrected chi connectivity index (χ0v) is 18.9. The summed E-state index contributed by atoms with van der Waals surface area (Å²) < 4.78 is 26.7. The number of hydrogen-bond donors (Lipinski definition) is 8. The number of aliphatic hydroxyl groups excluding tert-OH is 7. The van der Waals surface area contributed by atoms with E-state index in [2.05, 4.69) is 0 Å². The molecule has 2 aliphatic heterocycles. The molecule has 2 aliphatic rings. The van der Waals surface area contributed by atoms with E-state index in [4.69, 9.17) is 23.7 Å². The summed E-state index contributed by atoms with van der Waals surface area (Å²) in [5.41, 5.74) is -0.240. The minimum atomic E-state index is -1.79. The van der Waals surface area contributed by atoms with Gasteiger partial charge in [-0.05, 0) is 6.92 Å². The largest absolute Gasteiger partial charge is 0.507 e. The van der Waals surface area contributed by atoms with E-state index in [9.17, 15) is 45.6 Å². The SMILES string of the molecule is COc1cc(O)c(C(C)=O)c(O[C@@H]2O[C@@H](CO[C@H]3O[C@@H](CO)[C@@H](O)[C@@H](O)[C@H]3O)[C@@H](O)[C@@H](O)[C@H]2O)c1. The molecule has 10 atom stereocenters. The number of ether oxygens (including phenoxy) is 5. The number of aliphatic hydroxyl groups is 7. The van der Waals surface area contributed by atoms with E-state index >= 15 is 0 Å². The number of rotatable bonds is 8. The Morgan fingerprint density at radius 2 is 1.46 bits per heavy atom. The van der Waals surface area contributed by atoms with Crippen molar-refractivity contribution >= 4 is 5.78 Å². The minimum absolute atomic E-state index is 0.121. The number of aromatic hydroxyl groups is 1. The second-order valence-corrected chi connectivity index (χ2v) is 8.24. The highest BCUT2D eigenvalue weighted by Gasteiger charge is 2.48. The highest BCUT2D eigenvalue weighted by atomic mass is 16.7. The van der Waals surface area contributed by atoms with Crippen molar-refractivity contribution in [3.8, 4) is 17.2 Å². The zero-order valence-electron chi connectivity index (χ0n) is 18.9. The Bertz CT molecular complexity index is 878. The number of hydrogen-bond acceptors (Lipinski definition) is 14. The van der Waals surface area contributed by atoms with E-state index in [1.54, 1.807) is 0 Å². The Morgan fingerprint density at radius 1 is 0.886 bits per heavy atom. The smallest absolute Gasteiger partial charge is 0.229 e. The lowest BCUT2D eigenvalue weighted by atomic mass is 9.98. The van der Waals surface area contributed by atoms with Crippen LogP contribution in [0.4, 0.5) is 0 Å². The molecule has 2 fully saturated rings. The number of phenols is 1. The number of ketones is 1. The van der Waals surface area contributed by atoms with Gasteiger partial charge in [0.25, 0.3) is 0 Å². The minimum Gasteiger partial charge on any atom is -0.507 e. The molecule has 35 heavy (non-hydrogen) atoms. The second kappa shape index (κ2) is 11.3. The molecule has 0 bridgehead atoms. The molecular formula is C21H30O14. The topological polar surface area (TPSA) is 225 Å². The number of phenolic OH excluding ortho intramolecular Hbond substituents is 1. The first-order chi connectivity index (χ1) is 16.5. The Morgan fingerprint density at radius 3 is 2.03 bits per heavy atom. The summed E-state index contributed by atoms with van der Waals surface area (Å²) >= 11 is 0. The molecule has 8 N–H and O–H groups in total. The molecule has 0 amide bonds. The lowest BCUT2D eigenvalue weighted by molar-refractivity contribution is -0.323. The van der Waals surface area contributed by atoms with Crippen LogP contribution in [0.2, 0.25) is 0 Å². The second-order valence-electron chi connectivity index (χ2n) is 8.24. The van der Waals surface area contributed by atoms with Crippen molar-refractivity contribution in [1.29, 1.82) is 0 Å². The van der Waals surface area contributed by atoms with E-state index in [-0.39, 0.29) is 17.1 Å². The van der Waals surface area contributed by atoms with Gasteiger partial charge in [0.1, 0.15) is 71.6 Å². The van der Waals surface area contributed by atoms with Crippen LogP contribution >= 0.6 is 0 Å². The summed E-state index contributed by atoms with van der Waals surface area (Å²) in [7, 11) is 1.31. The van der Waals surface area contributed by atoms with Gasteiger partial charge in [0, 0.05) is 12.1 Å². The molecule has 2 heterocycles. The van der Waals surface area contributed by atoms with Crippen molar-refractivity contribution in [2.24, 2.45) is 0 Å². The Labute approximate surface area is 199 Å². The highest BCUT2D eigenvalue weighted by Crippen LogP contribution is 2.36. The Hall–Kier alpha value is -2.11. The summed E-state index contributed by atoms with van der Waals surface area (Å²) in [5, 5.41) is 80.2. The maximum Gasteiger partial charge on any atom is 0.229 e. The first-order valence-electron chi connectivity index (χ1n) is 10.7. The van der Waals surface area contributed by atoms with Crippen LogP contribution in [0.15, 0.2) is 12.1 Å². The molecule has 0 saturated carbocycles. The summed E-state index contributed by atoms with van der Waals surface area (Å²) in [6, 6.07) is 2.43. The molecule has 198 valence electrons. The molecule has 1 aromatic rings. The van der Waals surface area contributed by atoms with Gasteiger partial charge in [0.15, 0.2) is 12.1 Å². The predicted octanol–water partition coefficient (Wildman–Crippen LogP) is -3.39. The fourth-order valence-corrected chi connectivity index (χ4v) is 3.81. The number of Topliss-reactive ketones (excluding diaryl/α,β-unsaturated/α-hetero) is 1. The van der Waals surface area contributed by atoms with Gasteiger partial charge in [-0.25, -0.2) is 0 Å². The van der Waals surface area contributed by atoms with Crippen LogP contribution in [0.25, 0.3) is 0 Å². The first kappa shape index (κ1) is 27.5. The van der Waals surface area contributed by atoms with Crippen molar-refractivity contribution in [3.63, 3.8) is 0 Å². The highest BCUT2D eigenvalue weighted by molar-refractivity contribution is 5.99. The van der Waals surface area contributed by atoms with Crippen molar-refractivity contribution in [2.45, 2.75) is 68.3 Å². The number of methoxy groups -OCH3 is 1. The van der Waals surface area contributed by atoms with Gasteiger partial charge in [-0.15, -0.1) is 0 Å². The van der Waals surface area contributed by atoms with Crippen molar-refractivity contribution in [3.05, 3.63) is 17.7 Å². The van der Waals surface area contributed by atoms with Gasteiger partial charge in [-0.3, -0.25) is 4.79 Å². The fourth-order valence-electron chi connectivity index (χ4n) is 3.81. The third kappa shape index (κ3) is 5.67. The van der Waals surface area contributed by atoms with Crippen molar-refractivity contribution in [2.75, 3.05) is 20.3 Å².